The first kappa shape index (κ1) is 19.4. The molecular weight excluding hydrogens is 388 g/mol. The summed E-state index contributed by atoms with van der Waals surface area (Å²) in [4.78, 5) is 16.5. The van der Waals surface area contributed by atoms with E-state index in [9.17, 15) is 13.2 Å². The monoisotopic (exact) mass is 410 g/mol. The van der Waals surface area contributed by atoms with Gasteiger partial charge in [0.25, 0.3) is 10.0 Å². The van der Waals surface area contributed by atoms with E-state index < -0.39 is 10.0 Å². The van der Waals surface area contributed by atoms with Crippen molar-refractivity contribution < 1.29 is 17.9 Å². The van der Waals surface area contributed by atoms with Crippen LogP contribution in [-0.2, 0) is 19.6 Å². The topological polar surface area (TPSA) is 76.6 Å². The molecule has 0 N–H and O–H groups in total. The van der Waals surface area contributed by atoms with E-state index >= 15 is 0 Å². The molecule has 0 aliphatic heterocycles. The minimum absolute atomic E-state index is 0.220. The van der Waals surface area contributed by atoms with E-state index in [1.165, 1.54) is 11.4 Å². The highest BCUT2D eigenvalue weighted by atomic mass is 32.2. The number of aryl methyl sites for hydroxylation is 1. The molecule has 1 aliphatic carbocycles. The quantitative estimate of drug-likeness (QED) is 0.600. The molecule has 1 aliphatic rings. The number of aromatic nitrogens is 1. The summed E-state index contributed by atoms with van der Waals surface area (Å²) >= 11 is 0. The molecule has 1 saturated carbocycles. The minimum atomic E-state index is -3.84. The van der Waals surface area contributed by atoms with E-state index in [-0.39, 0.29) is 22.8 Å². The van der Waals surface area contributed by atoms with Crippen LogP contribution in [0.4, 0.5) is 5.69 Å². The van der Waals surface area contributed by atoms with E-state index in [1.807, 2.05) is 31.2 Å². The summed E-state index contributed by atoms with van der Waals surface area (Å²) in [6.07, 6.45) is 2.49. The Morgan fingerprint density at radius 3 is 2.45 bits per heavy atom. The highest BCUT2D eigenvalue weighted by Gasteiger charge is 2.44. The molecule has 150 valence electrons. The zero-order valence-electron chi connectivity index (χ0n) is 16.3. The van der Waals surface area contributed by atoms with Crippen molar-refractivity contribution in [3.05, 3.63) is 66.4 Å². The molecule has 2 aromatic carbocycles. The second kappa shape index (κ2) is 7.48. The molecule has 0 spiro atoms. The average molecular weight is 410 g/mol. The van der Waals surface area contributed by atoms with Gasteiger partial charge in [0, 0.05) is 17.6 Å². The van der Waals surface area contributed by atoms with Crippen molar-refractivity contribution in [3.8, 4) is 0 Å². The fourth-order valence-corrected chi connectivity index (χ4v) is 5.43. The summed E-state index contributed by atoms with van der Waals surface area (Å²) < 4.78 is 33.6. The van der Waals surface area contributed by atoms with Crippen LogP contribution in [0.2, 0.25) is 0 Å². The molecule has 1 fully saturated rings. The van der Waals surface area contributed by atoms with Gasteiger partial charge in [0.2, 0.25) is 0 Å². The Morgan fingerprint density at radius 1 is 1.07 bits per heavy atom. The fraction of sp³-hybridized carbons (Fsp3) is 0.273. The van der Waals surface area contributed by atoms with Gasteiger partial charge in [0.15, 0.2) is 0 Å². The summed E-state index contributed by atoms with van der Waals surface area (Å²) in [5.74, 6) is -0.589. The van der Waals surface area contributed by atoms with Crippen LogP contribution in [0, 0.1) is 12.8 Å². The van der Waals surface area contributed by atoms with Gasteiger partial charge in [-0.15, -0.1) is 0 Å². The van der Waals surface area contributed by atoms with Crippen molar-refractivity contribution in [2.24, 2.45) is 5.92 Å². The molecule has 0 unspecified atom stereocenters. The number of pyridine rings is 1. The number of ether oxygens (including phenoxy) is 1. The van der Waals surface area contributed by atoms with Gasteiger partial charge in [-0.1, -0.05) is 35.9 Å². The normalized spacial score (nSPS) is 18.8. The van der Waals surface area contributed by atoms with Gasteiger partial charge >= 0.3 is 5.97 Å². The Morgan fingerprint density at radius 2 is 1.76 bits per heavy atom. The first-order valence-corrected chi connectivity index (χ1v) is 10.9. The number of benzene rings is 2. The van der Waals surface area contributed by atoms with Gasteiger partial charge in [-0.25, -0.2) is 8.42 Å². The smallest absolute Gasteiger partial charge is 0.308 e. The predicted octanol–water partition coefficient (Wildman–Crippen LogP) is 3.69. The molecule has 1 heterocycles. The molecule has 0 bridgehead atoms. The van der Waals surface area contributed by atoms with Gasteiger partial charge in [-0.3, -0.25) is 14.1 Å². The molecule has 29 heavy (non-hydrogen) atoms. The first-order chi connectivity index (χ1) is 13.9. The average Bonchev–Trinajstić information content (AvgIpc) is 2.69. The van der Waals surface area contributed by atoms with Crippen LogP contribution in [0.25, 0.3) is 10.9 Å². The molecule has 0 atom stereocenters. The molecule has 4 rings (SSSR count). The number of para-hydroxylation sites is 1. The maximum atomic E-state index is 13.7. The fourth-order valence-electron chi connectivity index (χ4n) is 3.75. The lowest BCUT2D eigenvalue weighted by Crippen LogP contribution is -2.50. The standard InChI is InChI=1S/C22H22N2O4S/c1-15-8-10-19(11-9-15)29(26,27)24(18-13-17(14-18)22(25)28-2)20-7-3-5-16-6-4-12-23-21(16)20/h3-12,17-18H,13-14H2,1-2H3/t17-,18-. The number of carbonyl (C=O) groups excluding carboxylic acids is 1. The van der Waals surface area contributed by atoms with Crippen molar-refractivity contribution in [2.75, 3.05) is 11.4 Å². The van der Waals surface area contributed by atoms with E-state index in [1.54, 1.807) is 36.5 Å². The van der Waals surface area contributed by atoms with Gasteiger partial charge in [0.1, 0.15) is 0 Å². The van der Waals surface area contributed by atoms with Crippen molar-refractivity contribution in [2.45, 2.75) is 30.7 Å². The second-order valence-corrected chi connectivity index (χ2v) is 9.13. The number of carbonyl (C=O) groups is 1. The van der Waals surface area contributed by atoms with Crippen molar-refractivity contribution in [1.82, 2.24) is 4.98 Å². The number of nitrogens with zero attached hydrogens (tertiary/aromatic N) is 2. The molecule has 6 nitrogen and oxygen atoms in total. The predicted molar refractivity (Wildman–Crippen MR) is 111 cm³/mol. The van der Waals surface area contributed by atoms with Crippen LogP contribution in [-0.4, -0.2) is 32.5 Å². The van der Waals surface area contributed by atoms with Crippen LogP contribution in [0.3, 0.4) is 0 Å². The highest BCUT2D eigenvalue weighted by molar-refractivity contribution is 7.92. The first-order valence-electron chi connectivity index (χ1n) is 9.44. The lowest BCUT2D eigenvalue weighted by molar-refractivity contribution is -0.148. The number of methoxy groups -OCH3 is 1. The third kappa shape index (κ3) is 3.46. The van der Waals surface area contributed by atoms with Crippen LogP contribution in [0.5, 0.6) is 0 Å². The number of hydrogen-bond donors (Lipinski definition) is 0. The third-order valence-corrected chi connectivity index (χ3v) is 7.29. The number of esters is 1. The Bertz CT molecular complexity index is 1150. The maximum absolute atomic E-state index is 13.7. The van der Waals surface area contributed by atoms with E-state index in [0.29, 0.717) is 24.0 Å². The molecule has 7 heteroatoms. The Labute approximate surface area is 170 Å². The summed E-state index contributed by atoms with van der Waals surface area (Å²) in [6, 6.07) is 15.7. The zero-order valence-corrected chi connectivity index (χ0v) is 17.1. The molecule has 1 aromatic heterocycles. The molecular formula is C22H22N2O4S. The van der Waals surface area contributed by atoms with Crippen LogP contribution >= 0.6 is 0 Å². The number of rotatable bonds is 5. The van der Waals surface area contributed by atoms with E-state index in [0.717, 1.165) is 10.9 Å². The van der Waals surface area contributed by atoms with Crippen LogP contribution in [0.15, 0.2) is 65.7 Å². The van der Waals surface area contributed by atoms with Crippen LogP contribution in [0.1, 0.15) is 18.4 Å². The number of hydrogen-bond acceptors (Lipinski definition) is 5. The highest BCUT2D eigenvalue weighted by Crippen LogP contribution is 2.40. The zero-order chi connectivity index (χ0) is 20.6. The number of fused-ring (bicyclic) bond motifs is 1. The Balaban J connectivity index is 1.82. The molecule has 0 saturated heterocycles. The number of anilines is 1. The summed E-state index contributed by atoms with van der Waals surface area (Å²) in [6.45, 7) is 1.91. The molecule has 3 aromatic rings. The largest absolute Gasteiger partial charge is 0.469 e. The second-order valence-electron chi connectivity index (χ2n) is 7.31. The molecule has 0 amide bonds. The van der Waals surface area contributed by atoms with E-state index in [2.05, 4.69) is 4.98 Å². The van der Waals surface area contributed by atoms with Gasteiger partial charge < -0.3 is 4.74 Å². The summed E-state index contributed by atoms with van der Waals surface area (Å²) in [5.41, 5.74) is 2.13. The van der Waals surface area contributed by atoms with Gasteiger partial charge in [-0.05, 0) is 44.0 Å². The molecule has 0 radical (unpaired) electrons. The van der Waals surface area contributed by atoms with Gasteiger partial charge in [0.05, 0.1) is 29.1 Å². The van der Waals surface area contributed by atoms with Gasteiger partial charge in [-0.2, -0.15) is 0 Å². The summed E-state index contributed by atoms with van der Waals surface area (Å²) in [5, 5.41) is 0.859. The van der Waals surface area contributed by atoms with E-state index in [4.69, 9.17) is 4.74 Å². The minimum Gasteiger partial charge on any atom is -0.469 e. The third-order valence-electron chi connectivity index (χ3n) is 5.41. The van der Waals surface area contributed by atoms with Crippen molar-refractivity contribution in [1.29, 1.82) is 0 Å². The lowest BCUT2D eigenvalue weighted by atomic mass is 9.80. The number of sulfonamides is 1. The Kier molecular flexibility index (Phi) is 5.00. The maximum Gasteiger partial charge on any atom is 0.308 e. The summed E-state index contributed by atoms with van der Waals surface area (Å²) in [7, 11) is -2.48. The SMILES string of the molecule is COC(=O)[C@H]1C[C@H](N(c2cccc3cccnc23)S(=O)(=O)c2ccc(C)cc2)C1. The van der Waals surface area contributed by atoms with Crippen LogP contribution < -0.4 is 4.31 Å². The van der Waals surface area contributed by atoms with Crippen molar-refractivity contribution in [3.63, 3.8) is 0 Å². The Hall–Kier alpha value is -2.93. The van der Waals surface area contributed by atoms with Crippen molar-refractivity contribution >= 4 is 32.6 Å². The lowest BCUT2D eigenvalue weighted by Gasteiger charge is -2.42.